The minimum Gasteiger partial charge on any atom is -0.352 e. The van der Waals surface area contributed by atoms with Crippen LogP contribution in [0.3, 0.4) is 0 Å². The van der Waals surface area contributed by atoms with Gasteiger partial charge in [-0.1, -0.05) is 35.9 Å². The summed E-state index contributed by atoms with van der Waals surface area (Å²) in [6, 6.07) is 13.8. The van der Waals surface area contributed by atoms with Gasteiger partial charge in [-0.15, -0.1) is 0 Å². The van der Waals surface area contributed by atoms with Gasteiger partial charge in [0.2, 0.25) is 5.91 Å². The zero-order valence-corrected chi connectivity index (χ0v) is 14.2. The molecule has 1 amide bonds. The van der Waals surface area contributed by atoms with Crippen molar-refractivity contribution in [1.82, 2.24) is 14.5 Å². The van der Waals surface area contributed by atoms with E-state index in [-0.39, 0.29) is 11.6 Å². The number of rotatable bonds is 4. The molecule has 5 nitrogen and oxygen atoms in total. The number of hydrogen-bond donors (Lipinski definition) is 1. The fraction of sp³-hybridized carbons (Fsp3) is 0.263. The van der Waals surface area contributed by atoms with Crippen LogP contribution in [0.1, 0.15) is 16.7 Å². The minimum atomic E-state index is -0.0503. The number of hydrogen-bond acceptors (Lipinski definition) is 2. The predicted octanol–water partition coefficient (Wildman–Crippen LogP) is 2.04. The number of imidazole rings is 1. The van der Waals surface area contributed by atoms with Crippen LogP contribution in [-0.4, -0.2) is 15.0 Å². The third kappa shape index (κ3) is 3.11. The Kier molecular flexibility index (Phi) is 4.25. The Morgan fingerprint density at radius 2 is 1.75 bits per heavy atom. The number of carbonyl (C=O) groups excluding carboxylic acids is 1. The van der Waals surface area contributed by atoms with E-state index >= 15 is 0 Å². The lowest BCUT2D eigenvalue weighted by atomic mass is 10.1. The van der Waals surface area contributed by atoms with Crippen molar-refractivity contribution in [2.24, 2.45) is 14.1 Å². The van der Waals surface area contributed by atoms with Crippen molar-refractivity contribution in [2.75, 3.05) is 0 Å². The highest BCUT2D eigenvalue weighted by molar-refractivity contribution is 5.79. The molecule has 0 fully saturated rings. The fourth-order valence-electron chi connectivity index (χ4n) is 2.93. The van der Waals surface area contributed by atoms with E-state index in [4.69, 9.17) is 0 Å². The summed E-state index contributed by atoms with van der Waals surface area (Å²) in [5.74, 6) is -0.0114. The van der Waals surface area contributed by atoms with Crippen molar-refractivity contribution in [3.05, 3.63) is 69.6 Å². The van der Waals surface area contributed by atoms with Gasteiger partial charge in [0.1, 0.15) is 0 Å². The van der Waals surface area contributed by atoms with Gasteiger partial charge in [0.05, 0.1) is 17.5 Å². The topological polar surface area (TPSA) is 56.0 Å². The average molecular weight is 323 g/mol. The van der Waals surface area contributed by atoms with Gasteiger partial charge in [-0.2, -0.15) is 0 Å². The zero-order valence-electron chi connectivity index (χ0n) is 14.2. The van der Waals surface area contributed by atoms with Gasteiger partial charge in [-0.25, -0.2) is 4.79 Å². The Bertz CT molecular complexity index is 966. The first kappa shape index (κ1) is 16.1. The molecule has 1 N–H and O–H groups in total. The van der Waals surface area contributed by atoms with Gasteiger partial charge in [0.25, 0.3) is 0 Å². The Balaban J connectivity index is 1.70. The van der Waals surface area contributed by atoms with E-state index in [9.17, 15) is 9.59 Å². The van der Waals surface area contributed by atoms with Crippen molar-refractivity contribution in [3.8, 4) is 0 Å². The molecule has 3 aromatic rings. The second-order valence-electron chi connectivity index (χ2n) is 6.17. The van der Waals surface area contributed by atoms with E-state index in [1.165, 1.54) is 0 Å². The molecule has 0 bridgehead atoms. The highest BCUT2D eigenvalue weighted by Crippen LogP contribution is 2.14. The highest BCUT2D eigenvalue weighted by atomic mass is 16.2. The number of carbonyl (C=O) groups is 1. The van der Waals surface area contributed by atoms with Crippen LogP contribution in [0.5, 0.6) is 0 Å². The Labute approximate surface area is 140 Å². The van der Waals surface area contributed by atoms with Crippen LogP contribution in [0.4, 0.5) is 0 Å². The number of amides is 1. The maximum Gasteiger partial charge on any atom is 0.328 e. The zero-order chi connectivity index (χ0) is 17.3. The van der Waals surface area contributed by atoms with Crippen molar-refractivity contribution in [1.29, 1.82) is 0 Å². The van der Waals surface area contributed by atoms with Crippen LogP contribution >= 0.6 is 0 Å². The Hall–Kier alpha value is -2.82. The summed E-state index contributed by atoms with van der Waals surface area (Å²) in [5.41, 5.74) is 4.83. The Morgan fingerprint density at radius 1 is 1.00 bits per heavy atom. The second kappa shape index (κ2) is 6.35. The van der Waals surface area contributed by atoms with Gasteiger partial charge < -0.3 is 5.32 Å². The first-order valence-corrected chi connectivity index (χ1v) is 7.92. The van der Waals surface area contributed by atoms with Crippen LogP contribution in [-0.2, 0) is 31.9 Å². The number of aryl methyl sites for hydroxylation is 3. The number of fused-ring (bicyclic) bond motifs is 1. The minimum absolute atomic E-state index is 0.0114. The normalized spacial score (nSPS) is 11.0. The van der Waals surface area contributed by atoms with Gasteiger partial charge in [-0.05, 0) is 30.2 Å². The third-order valence-electron chi connectivity index (χ3n) is 4.27. The first-order valence-electron chi connectivity index (χ1n) is 7.92. The second-order valence-corrected chi connectivity index (χ2v) is 6.17. The maximum absolute atomic E-state index is 12.1. The molecule has 24 heavy (non-hydrogen) atoms. The largest absolute Gasteiger partial charge is 0.352 e. The van der Waals surface area contributed by atoms with Crippen LogP contribution in [0.25, 0.3) is 11.0 Å². The molecule has 0 aliphatic rings. The average Bonchev–Trinajstić information content (AvgIpc) is 2.77. The smallest absolute Gasteiger partial charge is 0.328 e. The summed E-state index contributed by atoms with van der Waals surface area (Å²) < 4.78 is 3.24. The van der Waals surface area contributed by atoms with E-state index < -0.39 is 0 Å². The van der Waals surface area contributed by atoms with E-state index in [2.05, 4.69) is 5.32 Å². The van der Waals surface area contributed by atoms with E-state index in [1.807, 2.05) is 49.4 Å². The van der Waals surface area contributed by atoms with Crippen molar-refractivity contribution in [3.63, 3.8) is 0 Å². The molecule has 2 aromatic carbocycles. The molecule has 5 heteroatoms. The van der Waals surface area contributed by atoms with Gasteiger partial charge in [0.15, 0.2) is 0 Å². The molecule has 0 aliphatic heterocycles. The number of nitrogens with zero attached hydrogens (tertiary/aromatic N) is 2. The summed E-state index contributed by atoms with van der Waals surface area (Å²) >= 11 is 0. The summed E-state index contributed by atoms with van der Waals surface area (Å²) in [7, 11) is 3.51. The summed E-state index contributed by atoms with van der Waals surface area (Å²) in [6.45, 7) is 2.46. The van der Waals surface area contributed by atoms with Crippen molar-refractivity contribution in [2.45, 2.75) is 19.9 Å². The molecule has 124 valence electrons. The standard InChI is InChI=1S/C19H21N3O2/c1-13-5-4-6-14(9-13)11-18(23)20-12-15-7-8-16-17(10-15)22(3)19(24)21(16)2/h4-10H,11-12H2,1-3H3,(H,20,23). The molecule has 0 saturated carbocycles. The van der Waals surface area contributed by atoms with Crippen LogP contribution < -0.4 is 11.0 Å². The molecule has 1 aromatic heterocycles. The summed E-state index contributed by atoms with van der Waals surface area (Å²) in [5, 5.41) is 2.94. The van der Waals surface area contributed by atoms with Gasteiger partial charge >= 0.3 is 5.69 Å². The monoisotopic (exact) mass is 323 g/mol. The first-order chi connectivity index (χ1) is 11.5. The third-order valence-corrected chi connectivity index (χ3v) is 4.27. The maximum atomic E-state index is 12.1. The summed E-state index contributed by atoms with van der Waals surface area (Å²) in [4.78, 5) is 24.1. The lowest BCUT2D eigenvalue weighted by Crippen LogP contribution is -2.24. The van der Waals surface area contributed by atoms with E-state index in [0.29, 0.717) is 13.0 Å². The van der Waals surface area contributed by atoms with Crippen LogP contribution in [0.15, 0.2) is 47.3 Å². The predicted molar refractivity (Wildman–Crippen MR) is 94.9 cm³/mol. The van der Waals surface area contributed by atoms with E-state index in [1.54, 1.807) is 23.2 Å². The lowest BCUT2D eigenvalue weighted by molar-refractivity contribution is -0.120. The molecule has 3 rings (SSSR count). The molecule has 0 radical (unpaired) electrons. The van der Waals surface area contributed by atoms with Crippen LogP contribution in [0.2, 0.25) is 0 Å². The molecule has 0 spiro atoms. The molecule has 0 saturated heterocycles. The highest BCUT2D eigenvalue weighted by Gasteiger charge is 2.09. The number of nitrogens with one attached hydrogen (secondary N) is 1. The number of benzene rings is 2. The number of aromatic nitrogens is 2. The fourth-order valence-corrected chi connectivity index (χ4v) is 2.93. The van der Waals surface area contributed by atoms with Crippen molar-refractivity contribution >= 4 is 16.9 Å². The van der Waals surface area contributed by atoms with E-state index in [0.717, 1.165) is 27.7 Å². The molecule has 0 atom stereocenters. The van der Waals surface area contributed by atoms with Crippen molar-refractivity contribution < 1.29 is 4.79 Å². The Morgan fingerprint density at radius 3 is 2.50 bits per heavy atom. The van der Waals surface area contributed by atoms with Gasteiger partial charge in [0, 0.05) is 20.6 Å². The molecule has 0 unspecified atom stereocenters. The molecular weight excluding hydrogens is 302 g/mol. The summed E-state index contributed by atoms with van der Waals surface area (Å²) in [6.07, 6.45) is 0.369. The molecule has 0 aliphatic carbocycles. The van der Waals surface area contributed by atoms with Crippen LogP contribution in [0, 0.1) is 6.92 Å². The quantitative estimate of drug-likeness (QED) is 0.799. The molecular formula is C19H21N3O2. The van der Waals surface area contributed by atoms with Gasteiger partial charge in [-0.3, -0.25) is 13.9 Å². The SMILES string of the molecule is Cc1cccc(CC(=O)NCc2ccc3c(c2)n(C)c(=O)n3C)c1. The lowest BCUT2D eigenvalue weighted by Gasteiger charge is -2.07. The molecule has 1 heterocycles.